The molecule has 600 valence electrons. The summed E-state index contributed by atoms with van der Waals surface area (Å²) in [5.41, 5.74) is -3.84. The lowest BCUT2D eigenvalue weighted by atomic mass is 9.63. The molecule has 0 aliphatic heterocycles. The van der Waals surface area contributed by atoms with Crippen molar-refractivity contribution in [2.24, 2.45) is 23.2 Å². The molecule has 0 aliphatic rings. The molecule has 0 amide bonds. The first-order valence-corrected chi connectivity index (χ1v) is 45.6. The van der Waals surface area contributed by atoms with Gasteiger partial charge in [-0.2, -0.15) is 0 Å². The summed E-state index contributed by atoms with van der Waals surface area (Å²) in [4.78, 5) is 55.5. The van der Waals surface area contributed by atoms with E-state index in [0.717, 1.165) is 120 Å². The summed E-state index contributed by atoms with van der Waals surface area (Å²) in [5, 5.41) is 22.2. The Balaban J connectivity index is 5.55. The van der Waals surface area contributed by atoms with E-state index < -0.39 is 35.3 Å². The summed E-state index contributed by atoms with van der Waals surface area (Å²) in [7, 11) is 0. The van der Waals surface area contributed by atoms with Crippen LogP contribution >= 0.6 is 0 Å². The van der Waals surface area contributed by atoms with Crippen molar-refractivity contribution in [2.45, 2.75) is 529 Å². The van der Waals surface area contributed by atoms with Crippen LogP contribution in [0.5, 0.6) is 0 Å². The standard InChI is InChI=1S/C92H178O9/c1-9-11-13-15-17-34-46-56-66-76-86(75-65-55-16-14-12-10-2)101-88(95)77-67-57-47-38-29-21-19-18-20-22-32-41-50-60-70-80-99-90(98)91(78-68-58-48-39-30-23-26-35-43-52-62-72-83(3)4,79-69-59-49-40-31-24-27-36-44-53-63-73-84(5)6)92(89(96)97,82-87(93)94)100-81-71-61-51-42-33-25-28-37-45-54-64-74-85(7)8/h83-86H,9-82H2,1-8H3,(H,93,94)(H,96,97). The zero-order chi connectivity index (χ0) is 74.1. The third kappa shape index (κ3) is 62.6. The van der Waals surface area contributed by atoms with Crippen molar-refractivity contribution in [1.29, 1.82) is 0 Å². The van der Waals surface area contributed by atoms with Crippen molar-refractivity contribution < 1.29 is 43.6 Å². The van der Waals surface area contributed by atoms with Crippen LogP contribution in [-0.4, -0.2) is 59.0 Å². The Labute approximate surface area is 630 Å². The Morgan fingerprint density at radius 3 is 0.822 bits per heavy atom. The van der Waals surface area contributed by atoms with Gasteiger partial charge in [0, 0.05) is 13.0 Å². The summed E-state index contributed by atoms with van der Waals surface area (Å²) in [6.07, 6.45) is 81.1. The zero-order valence-corrected chi connectivity index (χ0v) is 69.4. The number of unbranched alkanes of at least 4 members (excludes halogenated alkanes) is 57. The third-order valence-electron chi connectivity index (χ3n) is 22.5. The van der Waals surface area contributed by atoms with Crippen LogP contribution in [0.1, 0.15) is 518 Å². The molecule has 0 rings (SSSR count). The number of esters is 2. The summed E-state index contributed by atoms with van der Waals surface area (Å²) < 4.78 is 19.1. The zero-order valence-electron chi connectivity index (χ0n) is 69.4. The quantitative estimate of drug-likeness (QED) is 0.0450. The second-order valence-electron chi connectivity index (χ2n) is 33.8. The van der Waals surface area contributed by atoms with E-state index in [9.17, 15) is 24.6 Å². The molecule has 9 heteroatoms. The smallest absolute Gasteiger partial charge is 0.337 e. The number of carboxylic acid groups (broad SMARTS) is 2. The average Bonchev–Trinajstić information content (AvgIpc) is 0.744. The van der Waals surface area contributed by atoms with E-state index in [1.54, 1.807) is 0 Å². The van der Waals surface area contributed by atoms with Gasteiger partial charge in [0.15, 0.2) is 5.60 Å². The van der Waals surface area contributed by atoms with Gasteiger partial charge in [-0.05, 0) is 75.5 Å². The van der Waals surface area contributed by atoms with Crippen LogP contribution < -0.4 is 0 Å². The number of carboxylic acids is 2. The van der Waals surface area contributed by atoms with E-state index in [1.807, 2.05) is 0 Å². The molecule has 2 atom stereocenters. The molecule has 9 nitrogen and oxygen atoms in total. The SMILES string of the molecule is CCCCCCCCCCCC(CCCCCCCC)OC(=O)CCCCCCCCCCCCCCCCCOC(=O)C(CCCCCCCCCCCCCC(C)C)(CCCCCCCCCCCCCC(C)C)C(CC(=O)O)(OCCCCCCCCCCCCCC(C)C)C(=O)O. The molecule has 0 bridgehead atoms. The highest BCUT2D eigenvalue weighted by Gasteiger charge is 2.63. The summed E-state index contributed by atoms with van der Waals surface area (Å²) in [6.45, 7) is 18.7. The predicted molar refractivity (Wildman–Crippen MR) is 436 cm³/mol. The maximum absolute atomic E-state index is 15.2. The van der Waals surface area contributed by atoms with E-state index >= 15 is 4.79 Å². The summed E-state index contributed by atoms with van der Waals surface area (Å²) >= 11 is 0. The number of ether oxygens (including phenoxy) is 3. The number of hydrogen-bond donors (Lipinski definition) is 2. The molecule has 0 heterocycles. The molecule has 2 N–H and O–H groups in total. The van der Waals surface area contributed by atoms with Gasteiger partial charge in [-0.3, -0.25) is 14.4 Å². The van der Waals surface area contributed by atoms with Gasteiger partial charge in [-0.1, -0.05) is 447 Å². The van der Waals surface area contributed by atoms with Crippen LogP contribution in [0.15, 0.2) is 0 Å². The lowest BCUT2D eigenvalue weighted by Gasteiger charge is -2.45. The van der Waals surface area contributed by atoms with Crippen molar-refractivity contribution in [1.82, 2.24) is 0 Å². The van der Waals surface area contributed by atoms with Gasteiger partial charge in [-0.25, -0.2) is 4.79 Å². The molecular formula is C92H178O9. The van der Waals surface area contributed by atoms with Crippen LogP contribution in [0.4, 0.5) is 0 Å². The number of rotatable bonds is 84. The van der Waals surface area contributed by atoms with Crippen LogP contribution in [0, 0.1) is 23.2 Å². The fraction of sp³-hybridized carbons (Fsp3) is 0.957. The minimum absolute atomic E-state index is 0.0294. The Morgan fingerprint density at radius 1 is 0.297 bits per heavy atom. The van der Waals surface area contributed by atoms with E-state index in [0.29, 0.717) is 32.1 Å². The molecule has 0 spiro atoms. The molecule has 101 heavy (non-hydrogen) atoms. The first kappa shape index (κ1) is 98.8. The molecule has 2 unspecified atom stereocenters. The Bertz CT molecular complexity index is 1730. The largest absolute Gasteiger partial charge is 0.481 e. The van der Waals surface area contributed by atoms with Gasteiger partial charge >= 0.3 is 23.9 Å². The molecule has 0 aromatic heterocycles. The minimum atomic E-state index is -2.23. The summed E-state index contributed by atoms with van der Waals surface area (Å²) in [6, 6.07) is 0. The Hall–Kier alpha value is -2.16. The van der Waals surface area contributed by atoms with Crippen LogP contribution in [-0.2, 0) is 33.4 Å². The monoisotopic (exact) mass is 1430 g/mol. The fourth-order valence-electron chi connectivity index (χ4n) is 15.8. The van der Waals surface area contributed by atoms with Crippen molar-refractivity contribution in [2.75, 3.05) is 13.2 Å². The molecule has 0 radical (unpaired) electrons. The number of aliphatic carboxylic acids is 2. The topological polar surface area (TPSA) is 136 Å². The van der Waals surface area contributed by atoms with Crippen molar-refractivity contribution >= 4 is 23.9 Å². The molecule has 0 aliphatic carbocycles. The van der Waals surface area contributed by atoms with E-state index in [2.05, 4.69) is 55.4 Å². The lowest BCUT2D eigenvalue weighted by Crippen LogP contribution is -2.61. The van der Waals surface area contributed by atoms with Crippen molar-refractivity contribution in [3.05, 3.63) is 0 Å². The Morgan fingerprint density at radius 2 is 0.545 bits per heavy atom. The van der Waals surface area contributed by atoms with E-state index in [4.69, 9.17) is 14.2 Å². The fourth-order valence-corrected chi connectivity index (χ4v) is 15.8. The highest BCUT2D eigenvalue weighted by molar-refractivity contribution is 5.93. The van der Waals surface area contributed by atoms with Crippen LogP contribution in [0.25, 0.3) is 0 Å². The summed E-state index contributed by atoms with van der Waals surface area (Å²) in [5.74, 6) is -0.759. The van der Waals surface area contributed by atoms with E-state index in [-0.39, 0.29) is 38.1 Å². The van der Waals surface area contributed by atoms with Crippen LogP contribution in [0.2, 0.25) is 0 Å². The van der Waals surface area contributed by atoms with Gasteiger partial charge in [0.2, 0.25) is 0 Å². The van der Waals surface area contributed by atoms with Gasteiger partial charge < -0.3 is 24.4 Å². The maximum atomic E-state index is 15.2. The molecule has 0 aromatic carbocycles. The average molecular weight is 1430 g/mol. The number of carbonyl (C=O) groups is 4. The highest BCUT2D eigenvalue weighted by Crippen LogP contribution is 2.48. The minimum Gasteiger partial charge on any atom is -0.481 e. The predicted octanol–water partition coefficient (Wildman–Crippen LogP) is 30.4. The number of hydrogen-bond acceptors (Lipinski definition) is 7. The van der Waals surface area contributed by atoms with Gasteiger partial charge in [0.25, 0.3) is 0 Å². The van der Waals surface area contributed by atoms with E-state index in [1.165, 1.54) is 308 Å². The second kappa shape index (κ2) is 74.7. The van der Waals surface area contributed by atoms with Gasteiger partial charge in [0.05, 0.1) is 13.0 Å². The first-order valence-electron chi connectivity index (χ1n) is 45.6. The van der Waals surface area contributed by atoms with Gasteiger partial charge in [-0.15, -0.1) is 0 Å². The molecule has 0 saturated heterocycles. The molecule has 0 fully saturated rings. The first-order chi connectivity index (χ1) is 49.2. The van der Waals surface area contributed by atoms with Crippen molar-refractivity contribution in [3.8, 4) is 0 Å². The van der Waals surface area contributed by atoms with Crippen LogP contribution in [0.3, 0.4) is 0 Å². The van der Waals surface area contributed by atoms with Gasteiger partial charge in [0.1, 0.15) is 11.5 Å². The van der Waals surface area contributed by atoms with Crippen molar-refractivity contribution in [3.63, 3.8) is 0 Å². The third-order valence-corrected chi connectivity index (χ3v) is 22.5. The lowest BCUT2D eigenvalue weighted by molar-refractivity contribution is -0.211. The highest BCUT2D eigenvalue weighted by atomic mass is 16.6. The normalized spacial score (nSPS) is 12.9. The molecule has 0 aromatic rings. The Kier molecular flexibility index (Phi) is 73.1. The second-order valence-corrected chi connectivity index (χ2v) is 33.8. The number of carbonyl (C=O) groups excluding carboxylic acids is 2. The molecular weight excluding hydrogens is 1250 g/mol. The maximum Gasteiger partial charge on any atom is 0.337 e. The molecule has 0 saturated carbocycles.